The summed E-state index contributed by atoms with van der Waals surface area (Å²) in [7, 11) is 2.95. The molecule has 1 aliphatic rings. The predicted octanol–water partition coefficient (Wildman–Crippen LogP) is 3.64. The topological polar surface area (TPSA) is 57.5 Å². The minimum Gasteiger partial charge on any atom is -0.497 e. The Morgan fingerprint density at radius 2 is 1.78 bits per heavy atom. The zero-order valence-corrected chi connectivity index (χ0v) is 15.8. The van der Waals surface area contributed by atoms with Crippen molar-refractivity contribution in [3.63, 3.8) is 0 Å². The predicted molar refractivity (Wildman–Crippen MR) is 104 cm³/mol. The number of methoxy groups -OCH3 is 1. The lowest BCUT2D eigenvalue weighted by Gasteiger charge is -2.28. The number of aryl methyl sites for hydroxylation is 1. The average molecular weight is 367 g/mol. The molecule has 1 fully saturated rings. The van der Waals surface area contributed by atoms with Crippen LogP contribution in [0.4, 0.5) is 0 Å². The number of benzene rings is 1. The van der Waals surface area contributed by atoms with Gasteiger partial charge in [0.2, 0.25) is 0 Å². The number of rotatable bonds is 5. The van der Waals surface area contributed by atoms with E-state index in [2.05, 4.69) is 24.3 Å². The molecule has 2 aromatic rings. The molecule has 1 heterocycles. The van der Waals surface area contributed by atoms with Crippen LogP contribution in [-0.2, 0) is 21.3 Å². The Morgan fingerprint density at radius 1 is 1.07 bits per heavy atom. The van der Waals surface area contributed by atoms with E-state index in [1.54, 1.807) is 25.4 Å². The normalized spacial score (nSPS) is 20.1. The summed E-state index contributed by atoms with van der Waals surface area (Å²) in [5, 5.41) is 0. The van der Waals surface area contributed by atoms with Crippen LogP contribution in [0.15, 0.2) is 59.7 Å². The van der Waals surface area contributed by atoms with Crippen LogP contribution in [0.5, 0.6) is 0 Å². The van der Waals surface area contributed by atoms with E-state index in [1.165, 1.54) is 23.5 Å². The molecule has 0 radical (unpaired) electrons. The molecule has 27 heavy (non-hydrogen) atoms. The van der Waals surface area contributed by atoms with Crippen molar-refractivity contribution >= 4 is 11.5 Å². The number of carbonyl (C=O) groups is 1. The third-order valence-electron chi connectivity index (χ3n) is 5.14. The molecule has 5 heteroatoms. The van der Waals surface area contributed by atoms with Crippen molar-refractivity contribution < 1.29 is 14.3 Å². The quantitative estimate of drug-likeness (QED) is 0.460. The highest BCUT2D eigenvalue weighted by molar-refractivity contribution is 6.15. The van der Waals surface area contributed by atoms with Crippen molar-refractivity contribution in [1.29, 1.82) is 0 Å². The molecule has 0 saturated heterocycles. The molecule has 1 aromatic heterocycles. The minimum absolute atomic E-state index is 0.0391. The van der Waals surface area contributed by atoms with Gasteiger partial charge in [0, 0.05) is 13.2 Å². The van der Waals surface area contributed by atoms with Gasteiger partial charge in [0.15, 0.2) is 0 Å². The lowest BCUT2D eigenvalue weighted by Crippen LogP contribution is -2.23. The maximum absolute atomic E-state index is 12.3. The van der Waals surface area contributed by atoms with Crippen molar-refractivity contribution in [3.8, 4) is 0 Å². The highest BCUT2D eigenvalue weighted by Crippen LogP contribution is 2.34. The van der Waals surface area contributed by atoms with E-state index in [-0.39, 0.29) is 22.8 Å². The molecule has 0 unspecified atom stereocenters. The molecular formula is C22H25NO4. The number of pyridine rings is 1. The largest absolute Gasteiger partial charge is 0.497 e. The number of nitrogens with zero attached hydrogens (tertiary/aromatic N) is 1. The highest BCUT2D eigenvalue weighted by atomic mass is 16.5. The fourth-order valence-corrected chi connectivity index (χ4v) is 3.56. The van der Waals surface area contributed by atoms with Gasteiger partial charge in [-0.3, -0.25) is 4.79 Å². The standard InChI is InChI=1S/C22H25NO4/c1-23-14-6-9-19(21(23)24)20(22(25)26-2)15-27-18-12-10-17(11-13-18)16-7-4-3-5-8-16/h3-9,14-15,17-18H,10-13H2,1-2H3/t17-,18+. The fourth-order valence-electron chi connectivity index (χ4n) is 3.56. The van der Waals surface area contributed by atoms with Gasteiger partial charge >= 0.3 is 5.97 Å². The number of hydrogen-bond donors (Lipinski definition) is 0. The Bertz CT molecular complexity index is 861. The van der Waals surface area contributed by atoms with Gasteiger partial charge in [0.05, 0.1) is 25.0 Å². The van der Waals surface area contributed by atoms with E-state index >= 15 is 0 Å². The zero-order valence-electron chi connectivity index (χ0n) is 15.8. The Balaban J connectivity index is 1.70. The van der Waals surface area contributed by atoms with Crippen LogP contribution in [0.2, 0.25) is 0 Å². The van der Waals surface area contributed by atoms with E-state index in [4.69, 9.17) is 9.47 Å². The number of carbonyl (C=O) groups excluding carboxylic acids is 1. The smallest absolute Gasteiger partial charge is 0.341 e. The number of aromatic nitrogens is 1. The van der Waals surface area contributed by atoms with Gasteiger partial charge in [-0.25, -0.2) is 4.79 Å². The van der Waals surface area contributed by atoms with Crippen LogP contribution in [-0.4, -0.2) is 23.8 Å². The second kappa shape index (κ2) is 8.71. The summed E-state index contributed by atoms with van der Waals surface area (Å²) in [4.78, 5) is 24.5. The first-order valence-corrected chi connectivity index (χ1v) is 9.25. The first-order chi connectivity index (χ1) is 13.1. The molecule has 5 nitrogen and oxygen atoms in total. The van der Waals surface area contributed by atoms with Gasteiger partial charge in [-0.2, -0.15) is 0 Å². The molecule has 3 rings (SSSR count). The van der Waals surface area contributed by atoms with Gasteiger partial charge in [-0.15, -0.1) is 0 Å². The minimum atomic E-state index is -0.573. The third-order valence-corrected chi connectivity index (χ3v) is 5.14. The van der Waals surface area contributed by atoms with E-state index in [9.17, 15) is 9.59 Å². The number of esters is 1. The molecule has 0 aliphatic heterocycles. The Kier molecular flexibility index (Phi) is 6.12. The van der Waals surface area contributed by atoms with Crippen LogP contribution in [0.3, 0.4) is 0 Å². The van der Waals surface area contributed by atoms with Crippen molar-refractivity contribution in [1.82, 2.24) is 4.57 Å². The summed E-state index contributed by atoms with van der Waals surface area (Å²) in [5.41, 5.74) is 1.55. The third kappa shape index (κ3) is 4.48. The van der Waals surface area contributed by atoms with Crippen molar-refractivity contribution in [3.05, 3.63) is 76.4 Å². The van der Waals surface area contributed by atoms with E-state index < -0.39 is 5.97 Å². The van der Waals surface area contributed by atoms with Crippen LogP contribution in [0, 0.1) is 0 Å². The van der Waals surface area contributed by atoms with E-state index in [0.29, 0.717) is 5.92 Å². The van der Waals surface area contributed by atoms with Crippen LogP contribution < -0.4 is 5.56 Å². The molecule has 0 atom stereocenters. The molecular weight excluding hydrogens is 342 g/mol. The second-order valence-corrected chi connectivity index (χ2v) is 6.88. The van der Waals surface area contributed by atoms with Crippen molar-refractivity contribution in [2.45, 2.75) is 37.7 Å². The van der Waals surface area contributed by atoms with Crippen molar-refractivity contribution in [2.24, 2.45) is 7.05 Å². The molecule has 1 aromatic carbocycles. The summed E-state index contributed by atoms with van der Waals surface area (Å²) in [6.07, 6.45) is 7.00. The zero-order chi connectivity index (χ0) is 19.2. The first-order valence-electron chi connectivity index (χ1n) is 9.25. The van der Waals surface area contributed by atoms with Crippen LogP contribution >= 0.6 is 0 Å². The lowest BCUT2D eigenvalue weighted by molar-refractivity contribution is -0.133. The molecule has 0 N–H and O–H groups in total. The average Bonchev–Trinajstić information content (AvgIpc) is 2.72. The first kappa shape index (κ1) is 19.0. The maximum Gasteiger partial charge on any atom is 0.341 e. The summed E-state index contributed by atoms with van der Waals surface area (Å²) in [6.45, 7) is 0. The molecule has 0 bridgehead atoms. The Hall–Kier alpha value is -2.82. The monoisotopic (exact) mass is 367 g/mol. The van der Waals surface area contributed by atoms with Gasteiger partial charge in [0.25, 0.3) is 5.56 Å². The Morgan fingerprint density at radius 3 is 2.44 bits per heavy atom. The molecule has 1 aliphatic carbocycles. The van der Waals surface area contributed by atoms with Crippen LogP contribution in [0.25, 0.3) is 5.57 Å². The highest BCUT2D eigenvalue weighted by Gasteiger charge is 2.24. The SMILES string of the molecule is COC(=O)C(=CO[C@H]1CC[C@@H](c2ccccc2)CC1)c1cccn(C)c1=O. The number of ether oxygens (including phenoxy) is 2. The summed E-state index contributed by atoms with van der Waals surface area (Å²) in [6, 6.07) is 13.9. The molecule has 0 spiro atoms. The Labute approximate surface area is 159 Å². The van der Waals surface area contributed by atoms with Gasteiger partial charge in [0.1, 0.15) is 5.57 Å². The molecule has 0 amide bonds. The van der Waals surface area contributed by atoms with Crippen LogP contribution in [0.1, 0.15) is 42.7 Å². The second-order valence-electron chi connectivity index (χ2n) is 6.88. The van der Waals surface area contributed by atoms with Gasteiger partial charge < -0.3 is 14.0 Å². The van der Waals surface area contributed by atoms with Crippen molar-refractivity contribution in [2.75, 3.05) is 7.11 Å². The lowest BCUT2D eigenvalue weighted by atomic mass is 9.83. The molecule has 1 saturated carbocycles. The number of hydrogen-bond acceptors (Lipinski definition) is 4. The van der Waals surface area contributed by atoms with Gasteiger partial charge in [-0.05, 0) is 49.3 Å². The summed E-state index contributed by atoms with van der Waals surface area (Å²) >= 11 is 0. The van der Waals surface area contributed by atoms with Gasteiger partial charge in [-0.1, -0.05) is 30.3 Å². The molecule has 142 valence electrons. The van der Waals surface area contributed by atoms with E-state index in [0.717, 1.165) is 25.7 Å². The van der Waals surface area contributed by atoms with E-state index in [1.807, 2.05) is 6.07 Å². The summed E-state index contributed by atoms with van der Waals surface area (Å²) < 4.78 is 12.2. The fraction of sp³-hybridized carbons (Fsp3) is 0.364. The summed E-state index contributed by atoms with van der Waals surface area (Å²) in [5.74, 6) is -0.0206. The maximum atomic E-state index is 12.3.